The number of rotatable bonds is 6. The maximum absolute atomic E-state index is 12.1. The fraction of sp³-hybridized carbons (Fsp3) is 0.500. The summed E-state index contributed by atoms with van der Waals surface area (Å²) in [6.07, 6.45) is 5.51. The van der Waals surface area contributed by atoms with Gasteiger partial charge in [0.25, 0.3) is 0 Å². The maximum atomic E-state index is 12.1. The van der Waals surface area contributed by atoms with Crippen LogP contribution in [0, 0.1) is 6.92 Å². The summed E-state index contributed by atoms with van der Waals surface area (Å²) in [4.78, 5) is 18.5. The lowest BCUT2D eigenvalue weighted by Crippen LogP contribution is -2.54. The summed E-state index contributed by atoms with van der Waals surface area (Å²) in [6, 6.07) is 7.67. The average Bonchev–Trinajstić information content (AvgIpc) is 3.04. The summed E-state index contributed by atoms with van der Waals surface area (Å²) in [6.45, 7) is 4.06. The fourth-order valence-corrected chi connectivity index (χ4v) is 3.15. The number of carbonyl (C=O) groups is 1. The number of hydrogen-bond acceptors (Lipinski definition) is 5. The minimum absolute atomic E-state index is 0.0727. The van der Waals surface area contributed by atoms with Gasteiger partial charge in [-0.15, -0.1) is 0 Å². The third-order valence-corrected chi connectivity index (χ3v) is 4.49. The Kier molecular flexibility index (Phi) is 5.33. The van der Waals surface area contributed by atoms with E-state index < -0.39 is 5.60 Å². The average molecular weight is 343 g/mol. The Bertz CT molecular complexity index is 703. The van der Waals surface area contributed by atoms with E-state index in [1.165, 1.54) is 0 Å². The molecule has 1 aliphatic heterocycles. The van der Waals surface area contributed by atoms with Crippen molar-refractivity contribution < 1.29 is 9.90 Å². The van der Waals surface area contributed by atoms with Crippen molar-refractivity contribution in [1.29, 1.82) is 0 Å². The van der Waals surface area contributed by atoms with Crippen molar-refractivity contribution in [2.45, 2.75) is 38.3 Å². The van der Waals surface area contributed by atoms with Gasteiger partial charge < -0.3 is 15.3 Å². The fourth-order valence-electron chi connectivity index (χ4n) is 3.15. The van der Waals surface area contributed by atoms with Gasteiger partial charge in [0.05, 0.1) is 11.3 Å². The van der Waals surface area contributed by atoms with Crippen LogP contribution in [-0.2, 0) is 11.3 Å². The highest BCUT2D eigenvalue weighted by atomic mass is 16.3. The minimum atomic E-state index is -0.923. The largest absolute Gasteiger partial charge is 0.386 e. The molecule has 1 amide bonds. The standard InChI is InChI=1S/C18H25N5O2/c1-15-6-11-23(21-15)12-7-17(24)20-13-18(25)8-4-10-22(14-18)16-5-2-3-9-19-16/h2-3,5-6,9,11,25H,4,7-8,10,12-14H2,1H3,(H,20,24). The predicted molar refractivity (Wildman–Crippen MR) is 95.2 cm³/mol. The number of hydrogen-bond donors (Lipinski definition) is 2. The van der Waals surface area contributed by atoms with Gasteiger partial charge in [-0.3, -0.25) is 9.48 Å². The van der Waals surface area contributed by atoms with Gasteiger partial charge in [0.1, 0.15) is 5.82 Å². The molecule has 3 rings (SSSR count). The molecule has 0 aromatic carbocycles. The Morgan fingerprint density at radius 1 is 1.40 bits per heavy atom. The molecule has 0 bridgehead atoms. The molecule has 2 aromatic heterocycles. The number of nitrogens with one attached hydrogen (secondary N) is 1. The van der Waals surface area contributed by atoms with Gasteiger partial charge in [-0.1, -0.05) is 6.07 Å². The van der Waals surface area contributed by atoms with Crippen molar-refractivity contribution in [2.24, 2.45) is 0 Å². The second-order valence-corrected chi connectivity index (χ2v) is 6.68. The van der Waals surface area contributed by atoms with Gasteiger partial charge in [-0.05, 0) is 38.0 Å². The number of aryl methyl sites for hydroxylation is 2. The first-order valence-corrected chi connectivity index (χ1v) is 8.69. The highest BCUT2D eigenvalue weighted by Gasteiger charge is 2.34. The van der Waals surface area contributed by atoms with Crippen LogP contribution in [0.3, 0.4) is 0 Å². The normalized spacial score (nSPS) is 20.5. The van der Waals surface area contributed by atoms with Crippen LogP contribution in [-0.4, -0.2) is 51.0 Å². The Morgan fingerprint density at radius 3 is 3.00 bits per heavy atom. The lowest BCUT2D eigenvalue weighted by atomic mass is 9.92. The second-order valence-electron chi connectivity index (χ2n) is 6.68. The van der Waals surface area contributed by atoms with E-state index in [0.29, 0.717) is 25.9 Å². The molecule has 2 N–H and O–H groups in total. The quantitative estimate of drug-likeness (QED) is 0.821. The zero-order valence-corrected chi connectivity index (χ0v) is 14.6. The smallest absolute Gasteiger partial charge is 0.221 e. The number of anilines is 1. The molecular formula is C18H25N5O2. The third kappa shape index (κ3) is 4.79. The minimum Gasteiger partial charge on any atom is -0.386 e. The third-order valence-electron chi connectivity index (χ3n) is 4.49. The first-order chi connectivity index (χ1) is 12.0. The first kappa shape index (κ1) is 17.4. The van der Waals surface area contributed by atoms with Crippen molar-refractivity contribution in [3.8, 4) is 0 Å². The van der Waals surface area contributed by atoms with Gasteiger partial charge >= 0.3 is 0 Å². The number of aliphatic hydroxyl groups is 1. The molecule has 7 heteroatoms. The first-order valence-electron chi connectivity index (χ1n) is 8.69. The molecular weight excluding hydrogens is 318 g/mol. The highest BCUT2D eigenvalue weighted by Crippen LogP contribution is 2.24. The Hall–Kier alpha value is -2.41. The van der Waals surface area contributed by atoms with E-state index in [-0.39, 0.29) is 12.5 Å². The monoisotopic (exact) mass is 343 g/mol. The van der Waals surface area contributed by atoms with E-state index in [1.807, 2.05) is 37.4 Å². The Balaban J connectivity index is 1.48. The Labute approximate surface area is 147 Å². The van der Waals surface area contributed by atoms with Crippen molar-refractivity contribution >= 4 is 11.7 Å². The van der Waals surface area contributed by atoms with Gasteiger partial charge in [-0.25, -0.2) is 4.98 Å². The number of amides is 1. The second kappa shape index (κ2) is 7.65. The molecule has 0 spiro atoms. The van der Waals surface area contributed by atoms with Crippen LogP contribution in [0.1, 0.15) is 25.0 Å². The van der Waals surface area contributed by atoms with Crippen molar-refractivity contribution in [1.82, 2.24) is 20.1 Å². The molecule has 1 aliphatic rings. The van der Waals surface area contributed by atoms with Crippen LogP contribution < -0.4 is 10.2 Å². The van der Waals surface area contributed by atoms with E-state index in [0.717, 1.165) is 24.5 Å². The van der Waals surface area contributed by atoms with Crippen LogP contribution in [0.25, 0.3) is 0 Å². The van der Waals surface area contributed by atoms with Gasteiger partial charge in [0.15, 0.2) is 0 Å². The van der Waals surface area contributed by atoms with E-state index in [1.54, 1.807) is 10.9 Å². The molecule has 134 valence electrons. The van der Waals surface area contributed by atoms with Crippen molar-refractivity contribution in [3.63, 3.8) is 0 Å². The summed E-state index contributed by atoms with van der Waals surface area (Å²) in [5.41, 5.74) is 0.0137. The summed E-state index contributed by atoms with van der Waals surface area (Å²) >= 11 is 0. The van der Waals surface area contributed by atoms with Crippen molar-refractivity contribution in [2.75, 3.05) is 24.5 Å². The van der Waals surface area contributed by atoms with Crippen molar-refractivity contribution in [3.05, 3.63) is 42.4 Å². The molecule has 1 atom stereocenters. The van der Waals surface area contributed by atoms with Crippen LogP contribution in [0.2, 0.25) is 0 Å². The van der Waals surface area contributed by atoms with E-state index in [9.17, 15) is 9.90 Å². The van der Waals surface area contributed by atoms with Crippen LogP contribution in [0.15, 0.2) is 36.7 Å². The summed E-state index contributed by atoms with van der Waals surface area (Å²) < 4.78 is 1.76. The van der Waals surface area contributed by atoms with E-state index in [2.05, 4.69) is 20.3 Å². The summed E-state index contributed by atoms with van der Waals surface area (Å²) in [5.74, 6) is 0.789. The van der Waals surface area contributed by atoms with Gasteiger partial charge in [0, 0.05) is 45.0 Å². The zero-order valence-electron chi connectivity index (χ0n) is 14.6. The SMILES string of the molecule is Cc1ccn(CCC(=O)NCC2(O)CCCN(c3ccccn3)C2)n1. The number of β-amino-alcohol motifs (C(OH)–C–C–N with tert-alkyl or cyclic N) is 1. The molecule has 3 heterocycles. The molecule has 0 radical (unpaired) electrons. The molecule has 2 aromatic rings. The van der Waals surface area contributed by atoms with E-state index in [4.69, 9.17) is 0 Å². The van der Waals surface area contributed by atoms with Gasteiger partial charge in [-0.2, -0.15) is 5.10 Å². The molecule has 0 aliphatic carbocycles. The molecule has 25 heavy (non-hydrogen) atoms. The molecule has 1 saturated heterocycles. The number of nitrogens with zero attached hydrogens (tertiary/aromatic N) is 4. The maximum Gasteiger partial charge on any atom is 0.221 e. The summed E-state index contributed by atoms with van der Waals surface area (Å²) in [7, 11) is 0. The van der Waals surface area contributed by atoms with E-state index >= 15 is 0 Å². The summed E-state index contributed by atoms with van der Waals surface area (Å²) in [5, 5.41) is 18.0. The molecule has 7 nitrogen and oxygen atoms in total. The predicted octanol–water partition coefficient (Wildman–Crippen LogP) is 1.12. The number of piperidine rings is 1. The van der Waals surface area contributed by atoms with Crippen LogP contribution in [0.4, 0.5) is 5.82 Å². The number of aromatic nitrogens is 3. The van der Waals surface area contributed by atoms with Crippen LogP contribution in [0.5, 0.6) is 0 Å². The lowest BCUT2D eigenvalue weighted by Gasteiger charge is -2.39. The molecule has 1 fully saturated rings. The number of carbonyl (C=O) groups excluding carboxylic acids is 1. The zero-order chi connectivity index (χ0) is 17.7. The molecule has 1 unspecified atom stereocenters. The number of pyridine rings is 1. The van der Waals surface area contributed by atoms with Gasteiger partial charge in [0.2, 0.25) is 5.91 Å². The topological polar surface area (TPSA) is 83.3 Å². The van der Waals surface area contributed by atoms with Crippen LogP contribution >= 0.6 is 0 Å². The molecule has 0 saturated carbocycles. The lowest BCUT2D eigenvalue weighted by molar-refractivity contribution is -0.122. The highest BCUT2D eigenvalue weighted by molar-refractivity contribution is 5.75. The Morgan fingerprint density at radius 2 is 2.28 bits per heavy atom.